The van der Waals surface area contributed by atoms with Gasteiger partial charge in [0.25, 0.3) is 0 Å². The van der Waals surface area contributed by atoms with Crippen molar-refractivity contribution in [1.29, 1.82) is 5.26 Å². The predicted molar refractivity (Wildman–Crippen MR) is 90.6 cm³/mol. The quantitative estimate of drug-likeness (QED) is 0.422. The Hall–Kier alpha value is -2.04. The zero-order valence-electron chi connectivity index (χ0n) is 13.3. The lowest BCUT2D eigenvalue weighted by Crippen LogP contribution is -2.15. The summed E-state index contributed by atoms with van der Waals surface area (Å²) in [5, 5.41) is 17.7. The first-order chi connectivity index (χ1) is 10.9. The summed E-state index contributed by atoms with van der Waals surface area (Å²) in [5.74, 6) is -0.248. The highest BCUT2D eigenvalue weighted by atomic mass is 79.9. The summed E-state index contributed by atoms with van der Waals surface area (Å²) in [7, 11) is 5.49. The van der Waals surface area contributed by atoms with Crippen LogP contribution in [-0.4, -0.2) is 50.3 Å². The number of carbonyl (C=O) groups is 1. The molecular weight excluding hydrogens is 364 g/mol. The van der Waals surface area contributed by atoms with E-state index in [0.29, 0.717) is 28.1 Å². The van der Waals surface area contributed by atoms with Crippen LogP contribution in [0.15, 0.2) is 22.2 Å². The molecule has 0 bridgehead atoms. The minimum Gasteiger partial charge on any atom is -0.493 e. The predicted octanol–water partition coefficient (Wildman–Crippen LogP) is 2.78. The summed E-state index contributed by atoms with van der Waals surface area (Å²) in [6.07, 6.45) is 2.15. The van der Waals surface area contributed by atoms with Crippen molar-refractivity contribution in [1.82, 2.24) is 4.90 Å². The molecule has 7 heteroatoms. The van der Waals surface area contributed by atoms with Crippen molar-refractivity contribution in [2.45, 2.75) is 6.42 Å². The zero-order chi connectivity index (χ0) is 17.4. The molecule has 0 amide bonds. The SMILES string of the molecule is COc1cc(C=C(C#N)C(=O)O)cc(Br)c1OCCCN(C)C. The molecule has 0 fully saturated rings. The normalized spacial score (nSPS) is 11.2. The molecule has 0 radical (unpaired) electrons. The van der Waals surface area contributed by atoms with Gasteiger partial charge in [-0.15, -0.1) is 0 Å². The van der Waals surface area contributed by atoms with E-state index in [-0.39, 0.29) is 5.57 Å². The van der Waals surface area contributed by atoms with Crippen LogP contribution in [0.3, 0.4) is 0 Å². The van der Waals surface area contributed by atoms with Crippen molar-refractivity contribution in [2.24, 2.45) is 0 Å². The first kappa shape index (κ1) is 19.0. The second-order valence-electron chi connectivity index (χ2n) is 5.01. The number of ether oxygens (including phenoxy) is 2. The Labute approximate surface area is 144 Å². The Balaban J connectivity index is 2.99. The topological polar surface area (TPSA) is 82.8 Å². The lowest BCUT2D eigenvalue weighted by molar-refractivity contribution is -0.132. The van der Waals surface area contributed by atoms with Crippen LogP contribution in [0.1, 0.15) is 12.0 Å². The molecule has 0 unspecified atom stereocenters. The second kappa shape index (κ2) is 9.18. The Bertz CT molecular complexity index is 636. The van der Waals surface area contributed by atoms with Gasteiger partial charge in [0.15, 0.2) is 11.5 Å². The summed E-state index contributed by atoms with van der Waals surface area (Å²) in [6.45, 7) is 1.44. The maximum absolute atomic E-state index is 10.9. The Kier molecular flexibility index (Phi) is 7.59. The van der Waals surface area contributed by atoms with Crippen LogP contribution >= 0.6 is 15.9 Å². The van der Waals surface area contributed by atoms with Gasteiger partial charge in [-0.2, -0.15) is 5.26 Å². The van der Waals surface area contributed by atoms with E-state index in [1.165, 1.54) is 13.2 Å². The van der Waals surface area contributed by atoms with E-state index in [9.17, 15) is 4.79 Å². The molecule has 0 aliphatic rings. The van der Waals surface area contributed by atoms with E-state index < -0.39 is 5.97 Å². The molecule has 0 aromatic heterocycles. The fraction of sp³-hybridized carbons (Fsp3) is 0.375. The fourth-order valence-corrected chi connectivity index (χ4v) is 2.40. The van der Waals surface area contributed by atoms with Gasteiger partial charge in [-0.05, 0) is 60.2 Å². The van der Waals surface area contributed by atoms with Crippen LogP contribution in [0, 0.1) is 11.3 Å². The van der Waals surface area contributed by atoms with Gasteiger partial charge < -0.3 is 19.5 Å². The molecule has 124 valence electrons. The summed E-state index contributed by atoms with van der Waals surface area (Å²) < 4.78 is 11.7. The number of carboxylic acid groups (broad SMARTS) is 1. The molecule has 1 aromatic rings. The van der Waals surface area contributed by atoms with Crippen molar-refractivity contribution in [3.8, 4) is 17.6 Å². The number of methoxy groups -OCH3 is 1. The van der Waals surface area contributed by atoms with E-state index in [0.717, 1.165) is 13.0 Å². The molecule has 0 aliphatic carbocycles. The number of nitriles is 1. The van der Waals surface area contributed by atoms with Gasteiger partial charge in [0.05, 0.1) is 18.2 Å². The molecule has 1 N–H and O–H groups in total. The molecule has 0 spiro atoms. The van der Waals surface area contributed by atoms with Gasteiger partial charge >= 0.3 is 5.97 Å². The third kappa shape index (κ3) is 5.93. The summed E-state index contributed by atoms with van der Waals surface area (Å²) >= 11 is 3.39. The Morgan fingerprint density at radius 1 is 1.48 bits per heavy atom. The highest BCUT2D eigenvalue weighted by Crippen LogP contribution is 2.37. The largest absolute Gasteiger partial charge is 0.493 e. The van der Waals surface area contributed by atoms with Crippen molar-refractivity contribution >= 4 is 28.0 Å². The van der Waals surface area contributed by atoms with E-state index >= 15 is 0 Å². The van der Waals surface area contributed by atoms with Gasteiger partial charge in [-0.1, -0.05) is 0 Å². The van der Waals surface area contributed by atoms with Gasteiger partial charge in [-0.25, -0.2) is 4.79 Å². The highest BCUT2D eigenvalue weighted by molar-refractivity contribution is 9.10. The van der Waals surface area contributed by atoms with Gasteiger partial charge in [-0.3, -0.25) is 0 Å². The third-order valence-electron chi connectivity index (χ3n) is 2.91. The minimum atomic E-state index is -1.27. The molecular formula is C16H19BrN2O4. The van der Waals surface area contributed by atoms with Crippen molar-refractivity contribution < 1.29 is 19.4 Å². The maximum Gasteiger partial charge on any atom is 0.346 e. The number of rotatable bonds is 8. The van der Waals surface area contributed by atoms with Gasteiger partial charge in [0, 0.05) is 6.54 Å². The van der Waals surface area contributed by atoms with Crippen LogP contribution in [0.25, 0.3) is 6.08 Å². The van der Waals surface area contributed by atoms with Gasteiger partial charge in [0.1, 0.15) is 11.6 Å². The fourth-order valence-electron chi connectivity index (χ4n) is 1.83. The average Bonchev–Trinajstić information content (AvgIpc) is 2.49. The molecule has 0 atom stereocenters. The molecule has 0 heterocycles. The molecule has 1 aromatic carbocycles. The number of nitrogens with zero attached hydrogens (tertiary/aromatic N) is 2. The van der Waals surface area contributed by atoms with E-state index in [4.69, 9.17) is 19.8 Å². The van der Waals surface area contributed by atoms with Crippen LogP contribution in [0.5, 0.6) is 11.5 Å². The molecule has 6 nitrogen and oxygen atoms in total. The van der Waals surface area contributed by atoms with E-state index in [1.807, 2.05) is 14.1 Å². The summed E-state index contributed by atoms with van der Waals surface area (Å²) in [4.78, 5) is 13.0. The van der Waals surface area contributed by atoms with Crippen LogP contribution in [-0.2, 0) is 4.79 Å². The third-order valence-corrected chi connectivity index (χ3v) is 3.50. The number of aliphatic carboxylic acids is 1. The summed E-state index contributed by atoms with van der Waals surface area (Å²) in [5.41, 5.74) is 0.187. The van der Waals surface area contributed by atoms with Crippen molar-refractivity contribution in [2.75, 3.05) is 34.4 Å². The standard InChI is InChI=1S/C16H19BrN2O4/c1-19(2)5-4-6-23-15-13(17)8-11(9-14(15)22-3)7-12(10-18)16(20)21/h7-9H,4-6H2,1-3H3,(H,20,21). The Morgan fingerprint density at radius 3 is 2.70 bits per heavy atom. The van der Waals surface area contributed by atoms with Crippen LogP contribution in [0.2, 0.25) is 0 Å². The van der Waals surface area contributed by atoms with Gasteiger partial charge in [0.2, 0.25) is 0 Å². The van der Waals surface area contributed by atoms with Crippen molar-refractivity contribution in [3.05, 3.63) is 27.7 Å². The van der Waals surface area contributed by atoms with Crippen molar-refractivity contribution in [3.63, 3.8) is 0 Å². The lowest BCUT2D eigenvalue weighted by Gasteiger charge is -2.15. The van der Waals surface area contributed by atoms with Crippen LogP contribution in [0.4, 0.5) is 0 Å². The summed E-state index contributed by atoms with van der Waals surface area (Å²) in [6, 6.07) is 4.96. The monoisotopic (exact) mass is 382 g/mol. The lowest BCUT2D eigenvalue weighted by atomic mass is 10.1. The highest BCUT2D eigenvalue weighted by Gasteiger charge is 2.13. The molecule has 0 saturated heterocycles. The maximum atomic E-state index is 10.9. The molecule has 1 rings (SSSR count). The number of carboxylic acids is 1. The minimum absolute atomic E-state index is 0.349. The number of halogens is 1. The number of hydrogen-bond donors (Lipinski definition) is 1. The molecule has 0 aliphatic heterocycles. The molecule has 23 heavy (non-hydrogen) atoms. The number of hydrogen-bond acceptors (Lipinski definition) is 5. The van der Waals surface area contributed by atoms with Crippen LogP contribution < -0.4 is 9.47 Å². The second-order valence-corrected chi connectivity index (χ2v) is 5.87. The van der Waals surface area contributed by atoms with E-state index in [1.54, 1.807) is 18.2 Å². The molecule has 0 saturated carbocycles. The number of benzene rings is 1. The first-order valence-electron chi connectivity index (χ1n) is 6.89. The first-order valence-corrected chi connectivity index (χ1v) is 7.68. The zero-order valence-corrected chi connectivity index (χ0v) is 14.9. The van der Waals surface area contributed by atoms with E-state index in [2.05, 4.69) is 20.8 Å². The average molecular weight is 383 g/mol. The smallest absolute Gasteiger partial charge is 0.346 e. The Morgan fingerprint density at radius 2 is 2.17 bits per heavy atom.